The maximum Gasteiger partial charge on any atom is 0.225 e. The van der Waals surface area contributed by atoms with Crippen LogP contribution in [0.5, 0.6) is 0 Å². The molecule has 0 aromatic heterocycles. The molecule has 1 saturated carbocycles. The van der Waals surface area contributed by atoms with Gasteiger partial charge in [0, 0.05) is 38.2 Å². The van der Waals surface area contributed by atoms with Gasteiger partial charge in [0.1, 0.15) is 0 Å². The summed E-state index contributed by atoms with van der Waals surface area (Å²) in [5.74, 6) is 1.51. The van der Waals surface area contributed by atoms with Crippen LogP contribution in [0.1, 0.15) is 58.3 Å². The number of amides is 1. The highest BCUT2D eigenvalue weighted by Crippen LogP contribution is 2.26. The molecule has 0 spiro atoms. The highest BCUT2D eigenvalue weighted by atomic mass is 16.5. The van der Waals surface area contributed by atoms with Crippen LogP contribution in [0.15, 0.2) is 4.99 Å². The van der Waals surface area contributed by atoms with E-state index < -0.39 is 0 Å². The minimum Gasteiger partial charge on any atom is -0.376 e. The Bertz CT molecular complexity index is 456. The van der Waals surface area contributed by atoms with E-state index >= 15 is 0 Å². The molecule has 3 aliphatic rings. The lowest BCUT2D eigenvalue weighted by Gasteiger charge is -2.26. The number of aliphatic imine (C=N–C) groups is 1. The Hall–Kier alpha value is -1.30. The molecule has 2 heterocycles. The highest BCUT2D eigenvalue weighted by Gasteiger charge is 2.31. The summed E-state index contributed by atoms with van der Waals surface area (Å²) in [7, 11) is 0. The summed E-state index contributed by atoms with van der Waals surface area (Å²) >= 11 is 0. The Kier molecular flexibility index (Phi) is 6.96. The molecule has 2 atom stereocenters. The quantitative estimate of drug-likeness (QED) is 0.587. The third-order valence-corrected chi connectivity index (χ3v) is 5.62. The van der Waals surface area contributed by atoms with Crippen LogP contribution in [0.3, 0.4) is 0 Å². The summed E-state index contributed by atoms with van der Waals surface area (Å²) in [5, 5.41) is 6.84. The maximum absolute atomic E-state index is 12.7. The number of likely N-dealkylation sites (tertiary alicyclic amines) is 1. The molecule has 2 unspecified atom stereocenters. The van der Waals surface area contributed by atoms with E-state index in [2.05, 4.69) is 27.4 Å². The van der Waals surface area contributed by atoms with Crippen LogP contribution in [0.4, 0.5) is 0 Å². The number of carbonyl (C=O) groups excluding carboxylic acids is 1. The van der Waals surface area contributed by atoms with Crippen molar-refractivity contribution in [2.45, 2.75) is 70.4 Å². The van der Waals surface area contributed by atoms with Gasteiger partial charge in [-0.25, -0.2) is 0 Å². The Balaban J connectivity index is 1.47. The fraction of sp³-hybridized carbons (Fsp3) is 0.895. The van der Waals surface area contributed by atoms with E-state index in [1.54, 1.807) is 0 Å². The average Bonchev–Trinajstić information content (AvgIpc) is 3.32. The molecule has 3 fully saturated rings. The number of nitrogens with one attached hydrogen (secondary N) is 2. The van der Waals surface area contributed by atoms with Gasteiger partial charge in [-0.15, -0.1) is 0 Å². The molecule has 25 heavy (non-hydrogen) atoms. The standard InChI is InChI=1S/C19H34N4O2/c1-2-20-19(21-13-17-9-6-12-25-17)22-16-10-11-23(14-16)18(24)15-7-4-3-5-8-15/h15-17H,2-14H2,1H3,(H2,20,21,22). The molecule has 6 nitrogen and oxygen atoms in total. The van der Waals surface area contributed by atoms with Crippen LogP contribution in [-0.2, 0) is 9.53 Å². The zero-order chi connectivity index (χ0) is 17.5. The van der Waals surface area contributed by atoms with Crippen molar-refractivity contribution >= 4 is 11.9 Å². The second kappa shape index (κ2) is 9.41. The predicted molar refractivity (Wildman–Crippen MR) is 99.6 cm³/mol. The van der Waals surface area contributed by atoms with Crippen LogP contribution >= 0.6 is 0 Å². The van der Waals surface area contributed by atoms with Crippen molar-refractivity contribution in [1.29, 1.82) is 0 Å². The van der Waals surface area contributed by atoms with Gasteiger partial charge in [-0.3, -0.25) is 9.79 Å². The van der Waals surface area contributed by atoms with Crippen molar-refractivity contribution in [2.75, 3.05) is 32.8 Å². The van der Waals surface area contributed by atoms with E-state index in [0.717, 1.165) is 64.3 Å². The van der Waals surface area contributed by atoms with Crippen LogP contribution in [0.2, 0.25) is 0 Å². The topological polar surface area (TPSA) is 66.0 Å². The maximum atomic E-state index is 12.7. The van der Waals surface area contributed by atoms with Crippen LogP contribution in [-0.4, -0.2) is 61.7 Å². The minimum atomic E-state index is 0.267. The lowest BCUT2D eigenvalue weighted by Crippen LogP contribution is -2.46. The Labute approximate surface area is 151 Å². The Morgan fingerprint density at radius 1 is 1.16 bits per heavy atom. The minimum absolute atomic E-state index is 0.267. The molecule has 0 bridgehead atoms. The normalized spacial score (nSPS) is 28.4. The number of carbonyl (C=O) groups is 1. The van der Waals surface area contributed by atoms with E-state index in [0.29, 0.717) is 18.5 Å². The van der Waals surface area contributed by atoms with Crippen LogP contribution in [0, 0.1) is 5.92 Å². The highest BCUT2D eigenvalue weighted by molar-refractivity contribution is 5.81. The molecular formula is C19H34N4O2. The first-order valence-corrected chi connectivity index (χ1v) is 10.2. The molecule has 0 aromatic carbocycles. The zero-order valence-corrected chi connectivity index (χ0v) is 15.6. The van der Waals surface area contributed by atoms with E-state index in [1.165, 1.54) is 19.3 Å². The van der Waals surface area contributed by atoms with Crippen molar-refractivity contribution < 1.29 is 9.53 Å². The van der Waals surface area contributed by atoms with Gasteiger partial charge in [-0.2, -0.15) is 0 Å². The largest absolute Gasteiger partial charge is 0.376 e. The zero-order valence-electron chi connectivity index (χ0n) is 15.6. The van der Waals surface area contributed by atoms with Gasteiger partial charge >= 0.3 is 0 Å². The summed E-state index contributed by atoms with van der Waals surface area (Å²) in [6.07, 6.45) is 9.41. The van der Waals surface area contributed by atoms with Crippen molar-refractivity contribution in [3.8, 4) is 0 Å². The van der Waals surface area contributed by atoms with Gasteiger partial charge in [0.15, 0.2) is 5.96 Å². The van der Waals surface area contributed by atoms with Gasteiger partial charge in [-0.1, -0.05) is 19.3 Å². The lowest BCUT2D eigenvalue weighted by molar-refractivity contribution is -0.135. The molecule has 142 valence electrons. The fourth-order valence-electron chi connectivity index (χ4n) is 4.18. The second-order valence-electron chi connectivity index (χ2n) is 7.60. The number of ether oxygens (including phenoxy) is 1. The van der Waals surface area contributed by atoms with E-state index in [1.807, 2.05) is 0 Å². The van der Waals surface area contributed by atoms with E-state index in [9.17, 15) is 4.79 Å². The number of rotatable bonds is 5. The fourth-order valence-corrected chi connectivity index (χ4v) is 4.18. The van der Waals surface area contributed by atoms with Crippen LogP contribution < -0.4 is 10.6 Å². The van der Waals surface area contributed by atoms with Gasteiger partial charge < -0.3 is 20.3 Å². The first-order chi connectivity index (χ1) is 12.3. The molecule has 0 radical (unpaired) electrons. The van der Waals surface area contributed by atoms with E-state index in [-0.39, 0.29) is 12.0 Å². The van der Waals surface area contributed by atoms with Crippen molar-refractivity contribution in [3.63, 3.8) is 0 Å². The van der Waals surface area contributed by atoms with Gasteiger partial charge in [0.25, 0.3) is 0 Å². The van der Waals surface area contributed by atoms with Gasteiger partial charge in [0.05, 0.1) is 12.6 Å². The number of hydrogen-bond donors (Lipinski definition) is 2. The monoisotopic (exact) mass is 350 g/mol. The predicted octanol–water partition coefficient (Wildman–Crippen LogP) is 1.90. The third-order valence-electron chi connectivity index (χ3n) is 5.62. The Morgan fingerprint density at radius 3 is 2.72 bits per heavy atom. The number of guanidine groups is 1. The summed E-state index contributed by atoms with van der Waals surface area (Å²) < 4.78 is 5.65. The molecular weight excluding hydrogens is 316 g/mol. The summed E-state index contributed by atoms with van der Waals surface area (Å²) in [5.41, 5.74) is 0. The SMILES string of the molecule is CCNC(=NCC1CCCO1)NC1CCN(C(=O)C2CCCCC2)C1. The summed E-state index contributed by atoms with van der Waals surface area (Å²) in [6, 6.07) is 0.301. The van der Waals surface area contributed by atoms with E-state index in [4.69, 9.17) is 4.74 Å². The van der Waals surface area contributed by atoms with Crippen molar-refractivity contribution in [1.82, 2.24) is 15.5 Å². The number of hydrogen-bond acceptors (Lipinski definition) is 3. The lowest BCUT2D eigenvalue weighted by atomic mass is 9.88. The first-order valence-electron chi connectivity index (χ1n) is 10.2. The molecule has 2 aliphatic heterocycles. The van der Waals surface area contributed by atoms with Crippen LogP contribution in [0.25, 0.3) is 0 Å². The Morgan fingerprint density at radius 2 is 2.00 bits per heavy atom. The van der Waals surface area contributed by atoms with Crippen molar-refractivity contribution in [2.24, 2.45) is 10.9 Å². The summed E-state index contributed by atoms with van der Waals surface area (Å²) in [6.45, 7) is 6.18. The molecule has 0 aromatic rings. The first kappa shape index (κ1) is 18.5. The van der Waals surface area contributed by atoms with Crippen molar-refractivity contribution in [3.05, 3.63) is 0 Å². The average molecular weight is 351 g/mol. The van der Waals surface area contributed by atoms with Gasteiger partial charge in [-0.05, 0) is 39.0 Å². The number of nitrogens with zero attached hydrogens (tertiary/aromatic N) is 2. The molecule has 6 heteroatoms. The summed E-state index contributed by atoms with van der Waals surface area (Å²) in [4.78, 5) is 19.4. The van der Waals surface area contributed by atoms with Gasteiger partial charge in [0.2, 0.25) is 5.91 Å². The molecule has 1 amide bonds. The third kappa shape index (κ3) is 5.33. The molecule has 2 saturated heterocycles. The molecule has 3 rings (SSSR count). The smallest absolute Gasteiger partial charge is 0.225 e. The molecule has 2 N–H and O–H groups in total. The second-order valence-corrected chi connectivity index (χ2v) is 7.60. The molecule has 1 aliphatic carbocycles.